The van der Waals surface area contributed by atoms with Gasteiger partial charge < -0.3 is 19.3 Å². The predicted molar refractivity (Wildman–Crippen MR) is 197 cm³/mol. The van der Waals surface area contributed by atoms with Crippen molar-refractivity contribution in [2.24, 2.45) is 5.41 Å². The number of ether oxygens (including phenoxy) is 3. The van der Waals surface area contributed by atoms with E-state index >= 15 is 0 Å². The van der Waals surface area contributed by atoms with Gasteiger partial charge in [-0.25, -0.2) is 8.78 Å². The Hall–Kier alpha value is -4.27. The van der Waals surface area contributed by atoms with Crippen LogP contribution in [0.1, 0.15) is 103 Å². The molecule has 0 amide bonds. The van der Waals surface area contributed by atoms with Crippen LogP contribution in [0.25, 0.3) is 5.65 Å². The minimum absolute atomic E-state index is 0.255. The van der Waals surface area contributed by atoms with Crippen molar-refractivity contribution < 1.29 is 32.9 Å². The lowest BCUT2D eigenvalue weighted by Gasteiger charge is -2.38. The molecule has 4 aromatic rings. The second-order valence-corrected chi connectivity index (χ2v) is 15.8. The van der Waals surface area contributed by atoms with Gasteiger partial charge in [-0.2, -0.15) is 4.98 Å². The molecule has 0 radical (unpaired) electrons. The first-order valence-corrected chi connectivity index (χ1v) is 19.0. The molecule has 7 heterocycles. The Bertz CT molecular complexity index is 1990. The van der Waals surface area contributed by atoms with Crippen molar-refractivity contribution in [3.05, 3.63) is 75.5 Å². The van der Waals surface area contributed by atoms with Crippen molar-refractivity contribution in [3.63, 3.8) is 0 Å². The monoisotopic (exact) mass is 747 g/mol. The van der Waals surface area contributed by atoms with Crippen LogP contribution in [0, 0.1) is 26.2 Å². The molecule has 7 rings (SSSR count). The van der Waals surface area contributed by atoms with Gasteiger partial charge in [-0.3, -0.25) is 24.0 Å². The van der Waals surface area contributed by atoms with Crippen LogP contribution in [0.2, 0.25) is 0 Å². The van der Waals surface area contributed by atoms with E-state index in [1.54, 1.807) is 33.0 Å². The molecular formula is C40H51F2N7O5. The van der Waals surface area contributed by atoms with Gasteiger partial charge in [-0.1, -0.05) is 6.42 Å². The number of fused-ring (bicyclic) bond motifs is 2. The zero-order valence-electron chi connectivity index (χ0n) is 31.9. The highest BCUT2D eigenvalue weighted by Crippen LogP contribution is 2.43. The number of aryl methyl sites for hydroxylation is 3. The van der Waals surface area contributed by atoms with E-state index in [1.807, 2.05) is 19.9 Å². The molecule has 1 spiro atoms. The van der Waals surface area contributed by atoms with Gasteiger partial charge in [0.15, 0.2) is 5.65 Å². The number of hydrogen-bond acceptors (Lipinski definition) is 10. The van der Waals surface area contributed by atoms with Gasteiger partial charge in [-0.15, -0.1) is 10.2 Å². The van der Waals surface area contributed by atoms with Gasteiger partial charge >= 0.3 is 5.97 Å². The van der Waals surface area contributed by atoms with Crippen LogP contribution < -0.4 is 9.47 Å². The van der Waals surface area contributed by atoms with Crippen molar-refractivity contribution in [2.75, 3.05) is 46.0 Å². The van der Waals surface area contributed by atoms with Crippen LogP contribution >= 0.6 is 0 Å². The Labute approximate surface area is 314 Å². The molecule has 1 atom stereocenters. The molecule has 290 valence electrons. The Kier molecular flexibility index (Phi) is 10.9. The van der Waals surface area contributed by atoms with Gasteiger partial charge in [0.2, 0.25) is 17.6 Å². The van der Waals surface area contributed by atoms with Crippen LogP contribution in [0.15, 0.2) is 30.6 Å². The first-order chi connectivity index (χ1) is 25.8. The Balaban J connectivity index is 1.20. The second kappa shape index (κ2) is 15.5. The zero-order valence-corrected chi connectivity index (χ0v) is 31.9. The maximum absolute atomic E-state index is 13.7. The molecule has 0 aliphatic carbocycles. The van der Waals surface area contributed by atoms with Crippen LogP contribution in [0.3, 0.4) is 0 Å². The number of carbonyl (C=O) groups is 1. The summed E-state index contributed by atoms with van der Waals surface area (Å²) in [4.78, 5) is 27.5. The topological polar surface area (TPSA) is 127 Å². The number of halogens is 2. The summed E-state index contributed by atoms with van der Waals surface area (Å²) >= 11 is 0. The summed E-state index contributed by atoms with van der Waals surface area (Å²) in [5, 5.41) is 18.3. The van der Waals surface area contributed by atoms with Crippen molar-refractivity contribution in [1.82, 2.24) is 34.4 Å². The van der Waals surface area contributed by atoms with Gasteiger partial charge in [0.1, 0.15) is 12.2 Å². The SMILES string of the molecule is Cc1cnc([C@H](c2ccn3c(C(F)F)nnc3c2C)C(C)(C)C(=O)O)cc1CN1Cc2cc(C)c(OCCN3CCCCC3)nc2OC2(CCOCC2)C1. The molecule has 3 aliphatic rings. The fraction of sp³-hybridized carbons (Fsp3) is 0.575. The smallest absolute Gasteiger partial charge is 0.310 e. The number of aliphatic carboxylic acids is 1. The second-order valence-electron chi connectivity index (χ2n) is 15.8. The third kappa shape index (κ3) is 7.65. The summed E-state index contributed by atoms with van der Waals surface area (Å²) in [6.07, 6.45) is 5.68. The molecule has 14 heteroatoms. The van der Waals surface area contributed by atoms with Crippen molar-refractivity contribution in [1.29, 1.82) is 0 Å². The number of carboxylic acids is 1. The standard InChI is InChI=1S/C40H51F2N7O5/c1-25-19-29-23-48(24-40(10-16-52-17-11-40)54-37(29)44-36(25)53-18-15-47-12-7-6-8-13-47)22-28-20-31(43-21-26(28)2)32(39(4,5)38(50)51)30-9-14-49-34(27(30)3)45-46-35(49)33(41)42/h9,14,19-21,32-33H,6-8,10-13,15-18,22-24H2,1-5H3,(H,50,51)/t32-/m0/s1. The molecule has 3 aliphatic heterocycles. The van der Waals surface area contributed by atoms with Crippen molar-refractivity contribution in [2.45, 2.75) is 97.8 Å². The average molecular weight is 748 g/mol. The van der Waals surface area contributed by atoms with E-state index < -0.39 is 35.2 Å². The summed E-state index contributed by atoms with van der Waals surface area (Å²) < 4.78 is 47.5. The molecule has 2 fully saturated rings. The predicted octanol–water partition coefficient (Wildman–Crippen LogP) is 6.43. The van der Waals surface area contributed by atoms with E-state index in [-0.39, 0.29) is 5.65 Å². The Morgan fingerprint density at radius 1 is 1.06 bits per heavy atom. The van der Waals surface area contributed by atoms with E-state index in [2.05, 4.69) is 26.1 Å². The first kappa shape index (κ1) is 38.0. The summed E-state index contributed by atoms with van der Waals surface area (Å²) in [6.45, 7) is 15.8. The number of aromatic nitrogens is 5. The summed E-state index contributed by atoms with van der Waals surface area (Å²) in [6, 6.07) is 5.81. The molecule has 54 heavy (non-hydrogen) atoms. The van der Waals surface area contributed by atoms with Gasteiger partial charge in [0.25, 0.3) is 6.43 Å². The number of alkyl halides is 2. The first-order valence-electron chi connectivity index (χ1n) is 19.0. The summed E-state index contributed by atoms with van der Waals surface area (Å²) in [7, 11) is 0. The number of piperidine rings is 1. The number of nitrogens with zero attached hydrogens (tertiary/aromatic N) is 7. The normalized spacial score (nSPS) is 18.7. The van der Waals surface area contributed by atoms with E-state index in [0.717, 1.165) is 54.7 Å². The van der Waals surface area contributed by atoms with Crippen LogP contribution in [-0.2, 0) is 22.6 Å². The number of likely N-dealkylation sites (tertiary alicyclic amines) is 1. The van der Waals surface area contributed by atoms with Gasteiger partial charge in [-0.05, 0) is 101 Å². The third-order valence-electron chi connectivity index (χ3n) is 11.5. The van der Waals surface area contributed by atoms with Crippen LogP contribution in [0.5, 0.6) is 11.8 Å². The van der Waals surface area contributed by atoms with E-state index in [1.165, 1.54) is 29.9 Å². The van der Waals surface area contributed by atoms with E-state index in [4.69, 9.17) is 24.2 Å². The Morgan fingerprint density at radius 3 is 2.54 bits per heavy atom. The highest BCUT2D eigenvalue weighted by molar-refractivity contribution is 5.76. The lowest BCUT2D eigenvalue weighted by molar-refractivity contribution is -0.147. The number of hydrogen-bond donors (Lipinski definition) is 1. The average Bonchev–Trinajstić information content (AvgIpc) is 3.53. The molecule has 0 aromatic carbocycles. The fourth-order valence-electron chi connectivity index (χ4n) is 8.27. The van der Waals surface area contributed by atoms with Crippen LogP contribution in [0.4, 0.5) is 8.78 Å². The van der Waals surface area contributed by atoms with Crippen LogP contribution in [-0.4, -0.2) is 97.0 Å². The summed E-state index contributed by atoms with van der Waals surface area (Å²) in [5.74, 6) is -0.986. The number of pyridine rings is 3. The molecule has 2 saturated heterocycles. The molecule has 0 saturated carbocycles. The Morgan fingerprint density at radius 2 is 1.81 bits per heavy atom. The molecule has 0 unspecified atom stereocenters. The lowest BCUT2D eigenvalue weighted by atomic mass is 9.71. The minimum Gasteiger partial charge on any atom is -0.481 e. The quantitative estimate of drug-likeness (QED) is 0.182. The molecule has 12 nitrogen and oxygen atoms in total. The van der Waals surface area contributed by atoms with Crippen molar-refractivity contribution >= 4 is 11.6 Å². The number of carboxylic acid groups (broad SMARTS) is 1. The largest absolute Gasteiger partial charge is 0.481 e. The summed E-state index contributed by atoms with van der Waals surface area (Å²) in [5.41, 5.74) is 4.13. The fourth-order valence-corrected chi connectivity index (χ4v) is 8.27. The van der Waals surface area contributed by atoms with Gasteiger partial charge in [0.05, 0.1) is 18.6 Å². The lowest BCUT2D eigenvalue weighted by Crippen LogP contribution is -2.49. The highest BCUT2D eigenvalue weighted by Gasteiger charge is 2.43. The third-order valence-corrected chi connectivity index (χ3v) is 11.5. The zero-order chi connectivity index (χ0) is 38.2. The molecule has 1 N–H and O–H groups in total. The maximum Gasteiger partial charge on any atom is 0.310 e. The van der Waals surface area contributed by atoms with E-state index in [9.17, 15) is 18.7 Å². The minimum atomic E-state index is -2.81. The number of rotatable bonds is 11. The highest BCUT2D eigenvalue weighted by atomic mass is 19.3. The van der Waals surface area contributed by atoms with Crippen molar-refractivity contribution in [3.8, 4) is 11.8 Å². The molecular weight excluding hydrogens is 696 g/mol. The molecule has 4 aromatic heterocycles. The van der Waals surface area contributed by atoms with Gasteiger partial charge in [0, 0.05) is 74.2 Å². The van der Waals surface area contributed by atoms with E-state index in [0.29, 0.717) is 68.0 Å². The molecule has 0 bridgehead atoms. The maximum atomic E-state index is 13.7.